The van der Waals surface area contributed by atoms with Crippen LogP contribution in [0.15, 0.2) is 18.2 Å². The second-order valence-corrected chi connectivity index (χ2v) is 5.32. The van der Waals surface area contributed by atoms with Crippen LogP contribution < -0.4 is 5.32 Å². The van der Waals surface area contributed by atoms with Gasteiger partial charge in [0.05, 0.1) is 5.02 Å². The van der Waals surface area contributed by atoms with E-state index in [-0.39, 0.29) is 23.2 Å². The molecule has 2 atom stereocenters. The lowest BCUT2D eigenvalue weighted by Gasteiger charge is -2.36. The smallest absolute Gasteiger partial charge is 0.142 e. The van der Waals surface area contributed by atoms with Gasteiger partial charge in [-0.05, 0) is 31.5 Å². The second-order valence-electron chi connectivity index (χ2n) is 4.91. The molecule has 1 aliphatic heterocycles. The summed E-state index contributed by atoms with van der Waals surface area (Å²) in [6.07, 6.45) is 0. The van der Waals surface area contributed by atoms with Crippen LogP contribution in [0.4, 0.5) is 4.39 Å². The van der Waals surface area contributed by atoms with E-state index < -0.39 is 0 Å². The van der Waals surface area contributed by atoms with E-state index in [9.17, 15) is 4.39 Å². The molecule has 1 N–H and O–H groups in total. The van der Waals surface area contributed by atoms with Crippen LogP contribution >= 0.6 is 24.0 Å². The van der Waals surface area contributed by atoms with E-state index in [4.69, 9.17) is 11.6 Å². The minimum absolute atomic E-state index is 0. The van der Waals surface area contributed by atoms with E-state index in [1.165, 1.54) is 6.07 Å². The zero-order valence-electron chi connectivity index (χ0n) is 10.6. The van der Waals surface area contributed by atoms with Gasteiger partial charge in [-0.15, -0.1) is 12.4 Å². The standard InChI is InChI=1S/C13H18ClFN2.ClH/c1-9-6-17(7-10(2)16-9)8-11-3-4-12(14)13(15)5-11;/h3-5,9-10,16H,6-8H2,1-2H3;1H. The van der Waals surface area contributed by atoms with Crippen LogP contribution in [0.25, 0.3) is 0 Å². The van der Waals surface area contributed by atoms with Crippen molar-refractivity contribution in [1.82, 2.24) is 10.2 Å². The molecule has 0 aliphatic carbocycles. The fourth-order valence-corrected chi connectivity index (χ4v) is 2.58. The molecule has 102 valence electrons. The molecule has 2 unspecified atom stereocenters. The molecule has 2 nitrogen and oxygen atoms in total. The predicted molar refractivity (Wildman–Crippen MR) is 76.0 cm³/mol. The fourth-order valence-electron chi connectivity index (χ4n) is 2.47. The topological polar surface area (TPSA) is 15.3 Å². The van der Waals surface area contributed by atoms with Crippen molar-refractivity contribution >= 4 is 24.0 Å². The van der Waals surface area contributed by atoms with E-state index in [1.807, 2.05) is 6.07 Å². The summed E-state index contributed by atoms with van der Waals surface area (Å²) in [5.41, 5.74) is 0.980. The molecule has 1 saturated heterocycles. The average Bonchev–Trinajstić information content (AvgIpc) is 2.22. The van der Waals surface area contributed by atoms with Gasteiger partial charge >= 0.3 is 0 Å². The number of nitrogens with one attached hydrogen (secondary N) is 1. The van der Waals surface area contributed by atoms with Crippen molar-refractivity contribution in [3.05, 3.63) is 34.6 Å². The van der Waals surface area contributed by atoms with Crippen LogP contribution in [0.2, 0.25) is 5.02 Å². The minimum atomic E-state index is -0.333. The maximum Gasteiger partial charge on any atom is 0.142 e. The summed E-state index contributed by atoms with van der Waals surface area (Å²) in [6, 6.07) is 6.01. The summed E-state index contributed by atoms with van der Waals surface area (Å²) in [7, 11) is 0. The van der Waals surface area contributed by atoms with Crippen LogP contribution in [-0.2, 0) is 6.54 Å². The lowest BCUT2D eigenvalue weighted by Crippen LogP contribution is -2.53. The Morgan fingerprint density at radius 2 is 1.94 bits per heavy atom. The molecule has 0 spiro atoms. The quantitative estimate of drug-likeness (QED) is 0.901. The molecule has 0 aromatic heterocycles. The summed E-state index contributed by atoms with van der Waals surface area (Å²) >= 11 is 5.67. The summed E-state index contributed by atoms with van der Waals surface area (Å²) in [6.45, 7) is 7.11. The maximum absolute atomic E-state index is 13.3. The van der Waals surface area contributed by atoms with Crippen molar-refractivity contribution in [1.29, 1.82) is 0 Å². The van der Waals surface area contributed by atoms with Gasteiger partial charge in [-0.25, -0.2) is 4.39 Å². The van der Waals surface area contributed by atoms with Crippen molar-refractivity contribution in [3.8, 4) is 0 Å². The van der Waals surface area contributed by atoms with Gasteiger partial charge < -0.3 is 5.32 Å². The molecule has 1 aliphatic rings. The fraction of sp³-hybridized carbons (Fsp3) is 0.538. The first kappa shape index (κ1) is 15.7. The van der Waals surface area contributed by atoms with Gasteiger partial charge in [0.2, 0.25) is 0 Å². The number of rotatable bonds is 2. The molecule has 0 radical (unpaired) electrons. The Kier molecular flexibility index (Phi) is 5.86. The summed E-state index contributed by atoms with van der Waals surface area (Å²) < 4.78 is 13.3. The number of hydrogen-bond acceptors (Lipinski definition) is 2. The molecular formula is C13H19Cl2FN2. The normalized spacial score (nSPS) is 24.7. The highest BCUT2D eigenvalue weighted by Crippen LogP contribution is 2.17. The zero-order chi connectivity index (χ0) is 12.4. The number of piperazine rings is 1. The minimum Gasteiger partial charge on any atom is -0.309 e. The highest BCUT2D eigenvalue weighted by Gasteiger charge is 2.20. The average molecular weight is 293 g/mol. The molecule has 18 heavy (non-hydrogen) atoms. The first-order valence-electron chi connectivity index (χ1n) is 5.97. The van der Waals surface area contributed by atoms with Gasteiger partial charge in [-0.2, -0.15) is 0 Å². The Bertz CT molecular complexity index is 391. The van der Waals surface area contributed by atoms with Gasteiger partial charge in [-0.1, -0.05) is 17.7 Å². The summed E-state index contributed by atoms with van der Waals surface area (Å²) in [5, 5.41) is 3.67. The summed E-state index contributed by atoms with van der Waals surface area (Å²) in [4.78, 5) is 2.34. The number of benzene rings is 1. The van der Waals surface area contributed by atoms with Crippen LogP contribution in [-0.4, -0.2) is 30.1 Å². The van der Waals surface area contributed by atoms with E-state index in [2.05, 4.69) is 24.1 Å². The third-order valence-corrected chi connectivity index (χ3v) is 3.33. The van der Waals surface area contributed by atoms with Crippen molar-refractivity contribution in [3.63, 3.8) is 0 Å². The lowest BCUT2D eigenvalue weighted by molar-refractivity contribution is 0.166. The molecule has 0 saturated carbocycles. The Morgan fingerprint density at radius 1 is 1.33 bits per heavy atom. The van der Waals surface area contributed by atoms with Crippen LogP contribution in [0, 0.1) is 5.82 Å². The van der Waals surface area contributed by atoms with Gasteiger partial charge in [-0.3, -0.25) is 4.90 Å². The van der Waals surface area contributed by atoms with Crippen molar-refractivity contribution in [2.45, 2.75) is 32.5 Å². The molecule has 1 aromatic carbocycles. The van der Waals surface area contributed by atoms with Crippen molar-refractivity contribution in [2.24, 2.45) is 0 Å². The molecule has 1 aromatic rings. The van der Waals surface area contributed by atoms with Crippen molar-refractivity contribution in [2.75, 3.05) is 13.1 Å². The third-order valence-electron chi connectivity index (χ3n) is 3.02. The largest absolute Gasteiger partial charge is 0.309 e. The predicted octanol–water partition coefficient (Wildman–Crippen LogP) is 3.08. The highest BCUT2D eigenvalue weighted by atomic mass is 35.5. The molecule has 0 bridgehead atoms. The summed E-state index contributed by atoms with van der Waals surface area (Å²) in [5.74, 6) is -0.333. The number of hydrogen-bond donors (Lipinski definition) is 1. The highest BCUT2D eigenvalue weighted by molar-refractivity contribution is 6.30. The van der Waals surface area contributed by atoms with Crippen LogP contribution in [0.3, 0.4) is 0 Å². The lowest BCUT2D eigenvalue weighted by atomic mass is 10.1. The SMILES string of the molecule is CC1CN(Cc2ccc(Cl)c(F)c2)CC(C)N1.Cl. The molecule has 0 amide bonds. The van der Waals surface area contributed by atoms with Crippen LogP contribution in [0.5, 0.6) is 0 Å². The third kappa shape index (κ3) is 4.09. The van der Waals surface area contributed by atoms with Gasteiger partial charge in [0, 0.05) is 31.7 Å². The van der Waals surface area contributed by atoms with E-state index in [1.54, 1.807) is 6.07 Å². The second kappa shape index (κ2) is 6.71. The first-order valence-corrected chi connectivity index (χ1v) is 6.34. The Hall–Kier alpha value is -0.350. The first-order chi connectivity index (χ1) is 8.04. The van der Waals surface area contributed by atoms with E-state index in [0.29, 0.717) is 12.1 Å². The Labute approximate surface area is 119 Å². The van der Waals surface area contributed by atoms with E-state index >= 15 is 0 Å². The van der Waals surface area contributed by atoms with E-state index in [0.717, 1.165) is 25.2 Å². The van der Waals surface area contributed by atoms with Gasteiger partial charge in [0.25, 0.3) is 0 Å². The number of nitrogens with zero attached hydrogens (tertiary/aromatic N) is 1. The Balaban J connectivity index is 0.00000162. The zero-order valence-corrected chi connectivity index (χ0v) is 12.2. The van der Waals surface area contributed by atoms with Gasteiger partial charge in [0.15, 0.2) is 0 Å². The molecule has 1 fully saturated rings. The number of halogens is 3. The molecular weight excluding hydrogens is 274 g/mol. The van der Waals surface area contributed by atoms with Gasteiger partial charge in [0.1, 0.15) is 5.82 Å². The monoisotopic (exact) mass is 292 g/mol. The van der Waals surface area contributed by atoms with Crippen molar-refractivity contribution < 1.29 is 4.39 Å². The molecule has 1 heterocycles. The van der Waals surface area contributed by atoms with Crippen LogP contribution in [0.1, 0.15) is 19.4 Å². The molecule has 5 heteroatoms. The maximum atomic E-state index is 13.3. The molecule has 2 rings (SSSR count). The Morgan fingerprint density at radius 3 is 2.50 bits per heavy atom.